The highest BCUT2D eigenvalue weighted by Gasteiger charge is 2.17. The van der Waals surface area contributed by atoms with Crippen LogP contribution in [0.1, 0.15) is 23.8 Å². The van der Waals surface area contributed by atoms with E-state index in [0.29, 0.717) is 23.6 Å². The highest BCUT2D eigenvalue weighted by Crippen LogP contribution is 2.15. The zero-order valence-electron chi connectivity index (χ0n) is 15.2. The molecule has 0 aliphatic heterocycles. The summed E-state index contributed by atoms with van der Waals surface area (Å²) in [6.07, 6.45) is 2.51. The highest BCUT2D eigenvalue weighted by molar-refractivity contribution is 5.77. The summed E-state index contributed by atoms with van der Waals surface area (Å²) in [6, 6.07) is 17.5. The van der Waals surface area contributed by atoms with Crippen LogP contribution < -0.4 is 4.74 Å². The van der Waals surface area contributed by atoms with Gasteiger partial charge < -0.3 is 14.1 Å². The van der Waals surface area contributed by atoms with Gasteiger partial charge in [-0.15, -0.1) is 0 Å². The fourth-order valence-corrected chi connectivity index (χ4v) is 2.74. The van der Waals surface area contributed by atoms with Gasteiger partial charge in [-0.3, -0.25) is 4.79 Å². The van der Waals surface area contributed by atoms with Crippen molar-refractivity contribution in [1.82, 2.24) is 4.90 Å². The lowest BCUT2D eigenvalue weighted by Crippen LogP contribution is -2.34. The first-order valence-corrected chi connectivity index (χ1v) is 8.90. The Kier molecular flexibility index (Phi) is 6.26. The van der Waals surface area contributed by atoms with E-state index in [4.69, 9.17) is 9.15 Å². The van der Waals surface area contributed by atoms with E-state index in [2.05, 4.69) is 6.92 Å². The standard InChI is InChI=1S/C22H22FNO3/c1-2-17-8-10-20(11-9-17)27-16-22(25)24(15-21-7-4-12-26-21)14-18-5-3-6-19(23)13-18/h3-13H,2,14-16H2,1H3. The van der Waals surface area contributed by atoms with Gasteiger partial charge in [-0.05, 0) is 53.9 Å². The van der Waals surface area contributed by atoms with E-state index in [0.717, 1.165) is 6.42 Å². The Morgan fingerprint density at radius 2 is 1.85 bits per heavy atom. The molecule has 5 heteroatoms. The minimum Gasteiger partial charge on any atom is -0.484 e. The van der Waals surface area contributed by atoms with Crippen LogP contribution in [0.5, 0.6) is 5.75 Å². The van der Waals surface area contributed by atoms with Crippen LogP contribution in [-0.2, 0) is 24.3 Å². The fourth-order valence-electron chi connectivity index (χ4n) is 2.74. The van der Waals surface area contributed by atoms with Crippen molar-refractivity contribution in [3.63, 3.8) is 0 Å². The van der Waals surface area contributed by atoms with Crippen molar-refractivity contribution in [2.45, 2.75) is 26.4 Å². The average molecular weight is 367 g/mol. The number of ether oxygens (including phenoxy) is 1. The molecule has 27 heavy (non-hydrogen) atoms. The number of hydrogen-bond acceptors (Lipinski definition) is 3. The Hall–Kier alpha value is -3.08. The lowest BCUT2D eigenvalue weighted by molar-refractivity contribution is -0.134. The smallest absolute Gasteiger partial charge is 0.261 e. The van der Waals surface area contributed by atoms with Gasteiger partial charge in [-0.1, -0.05) is 31.2 Å². The third-order valence-corrected chi connectivity index (χ3v) is 4.24. The molecule has 2 aromatic carbocycles. The van der Waals surface area contributed by atoms with Crippen LogP contribution in [0.15, 0.2) is 71.3 Å². The molecule has 140 valence electrons. The molecule has 0 saturated heterocycles. The number of hydrogen-bond donors (Lipinski definition) is 0. The summed E-state index contributed by atoms with van der Waals surface area (Å²) in [5.41, 5.74) is 1.92. The Bertz CT molecular complexity index is 860. The third kappa shape index (κ3) is 5.45. The monoisotopic (exact) mass is 367 g/mol. The Labute approximate surface area is 158 Å². The number of nitrogens with zero attached hydrogens (tertiary/aromatic N) is 1. The van der Waals surface area contributed by atoms with E-state index in [1.54, 1.807) is 35.4 Å². The van der Waals surface area contributed by atoms with Crippen molar-refractivity contribution in [3.8, 4) is 5.75 Å². The number of rotatable bonds is 8. The minimum atomic E-state index is -0.329. The van der Waals surface area contributed by atoms with Crippen LogP contribution in [0.3, 0.4) is 0 Å². The summed E-state index contributed by atoms with van der Waals surface area (Å²) in [5.74, 6) is 0.775. The van der Waals surface area contributed by atoms with Gasteiger partial charge in [0.25, 0.3) is 5.91 Å². The summed E-state index contributed by atoms with van der Waals surface area (Å²) >= 11 is 0. The molecular weight excluding hydrogens is 345 g/mol. The molecule has 1 heterocycles. The zero-order chi connectivity index (χ0) is 19.1. The van der Waals surface area contributed by atoms with E-state index < -0.39 is 0 Å². The van der Waals surface area contributed by atoms with Gasteiger partial charge in [0.05, 0.1) is 12.8 Å². The lowest BCUT2D eigenvalue weighted by Gasteiger charge is -2.22. The molecule has 0 radical (unpaired) electrons. The van der Waals surface area contributed by atoms with Gasteiger partial charge >= 0.3 is 0 Å². The summed E-state index contributed by atoms with van der Waals surface area (Å²) in [6.45, 7) is 2.55. The molecular formula is C22H22FNO3. The van der Waals surface area contributed by atoms with Crippen LogP contribution in [0.25, 0.3) is 0 Å². The molecule has 0 aliphatic carbocycles. The van der Waals surface area contributed by atoms with Gasteiger partial charge in [-0.2, -0.15) is 0 Å². The van der Waals surface area contributed by atoms with Crippen molar-refractivity contribution in [2.24, 2.45) is 0 Å². The number of carbonyl (C=O) groups is 1. The Balaban J connectivity index is 1.67. The van der Waals surface area contributed by atoms with Gasteiger partial charge in [0.1, 0.15) is 17.3 Å². The summed E-state index contributed by atoms with van der Waals surface area (Å²) in [7, 11) is 0. The Morgan fingerprint density at radius 3 is 2.52 bits per heavy atom. The van der Waals surface area contributed by atoms with E-state index >= 15 is 0 Å². The maximum Gasteiger partial charge on any atom is 0.261 e. The number of carbonyl (C=O) groups excluding carboxylic acids is 1. The first kappa shape index (κ1) is 18.7. The molecule has 3 rings (SSSR count). The van der Waals surface area contributed by atoms with E-state index in [-0.39, 0.29) is 24.9 Å². The van der Waals surface area contributed by atoms with Crippen molar-refractivity contribution in [3.05, 3.63) is 89.6 Å². The topological polar surface area (TPSA) is 42.7 Å². The number of benzene rings is 2. The molecule has 4 nitrogen and oxygen atoms in total. The first-order chi connectivity index (χ1) is 13.1. The molecule has 0 bridgehead atoms. The zero-order valence-corrected chi connectivity index (χ0v) is 15.2. The van der Waals surface area contributed by atoms with Gasteiger partial charge in [0.15, 0.2) is 6.61 Å². The molecule has 0 unspecified atom stereocenters. The van der Waals surface area contributed by atoms with Crippen LogP contribution >= 0.6 is 0 Å². The molecule has 1 amide bonds. The molecule has 1 aromatic heterocycles. The van der Waals surface area contributed by atoms with E-state index in [9.17, 15) is 9.18 Å². The quantitative estimate of drug-likeness (QED) is 0.585. The summed E-state index contributed by atoms with van der Waals surface area (Å²) < 4.78 is 24.5. The van der Waals surface area contributed by atoms with Crippen LogP contribution in [-0.4, -0.2) is 17.4 Å². The molecule has 3 aromatic rings. The number of furan rings is 1. The largest absolute Gasteiger partial charge is 0.484 e. The SMILES string of the molecule is CCc1ccc(OCC(=O)N(Cc2cccc(F)c2)Cc2ccco2)cc1. The number of halogens is 1. The second-order valence-corrected chi connectivity index (χ2v) is 6.25. The predicted octanol–water partition coefficient (Wildman–Crippen LogP) is 4.59. The highest BCUT2D eigenvalue weighted by atomic mass is 19.1. The normalized spacial score (nSPS) is 10.6. The van der Waals surface area contributed by atoms with Crippen molar-refractivity contribution >= 4 is 5.91 Å². The minimum absolute atomic E-state index is 0.0957. The second kappa shape index (κ2) is 9.03. The molecule has 0 spiro atoms. The predicted molar refractivity (Wildman–Crippen MR) is 101 cm³/mol. The average Bonchev–Trinajstić information content (AvgIpc) is 3.19. The number of aryl methyl sites for hydroxylation is 1. The van der Waals surface area contributed by atoms with Gasteiger partial charge in [0.2, 0.25) is 0 Å². The second-order valence-electron chi connectivity index (χ2n) is 6.25. The molecule has 0 saturated carbocycles. The maximum absolute atomic E-state index is 13.5. The summed E-state index contributed by atoms with van der Waals surface area (Å²) in [5, 5.41) is 0. The van der Waals surface area contributed by atoms with Crippen LogP contribution in [0.4, 0.5) is 4.39 Å². The molecule has 0 fully saturated rings. The van der Waals surface area contributed by atoms with Crippen molar-refractivity contribution in [1.29, 1.82) is 0 Å². The lowest BCUT2D eigenvalue weighted by atomic mass is 10.2. The Morgan fingerprint density at radius 1 is 1.04 bits per heavy atom. The summed E-state index contributed by atoms with van der Waals surface area (Å²) in [4.78, 5) is 14.3. The van der Waals surface area contributed by atoms with E-state index in [1.807, 2.05) is 24.3 Å². The van der Waals surface area contributed by atoms with Crippen LogP contribution in [0.2, 0.25) is 0 Å². The van der Waals surface area contributed by atoms with Crippen LogP contribution in [0, 0.1) is 5.82 Å². The number of amides is 1. The molecule has 0 atom stereocenters. The fraction of sp³-hybridized carbons (Fsp3) is 0.227. The van der Waals surface area contributed by atoms with Gasteiger partial charge in [-0.25, -0.2) is 4.39 Å². The van der Waals surface area contributed by atoms with Crippen molar-refractivity contribution < 1.29 is 18.3 Å². The van der Waals surface area contributed by atoms with Crippen molar-refractivity contribution in [2.75, 3.05) is 6.61 Å². The maximum atomic E-state index is 13.5. The third-order valence-electron chi connectivity index (χ3n) is 4.24. The molecule has 0 aliphatic rings. The van der Waals surface area contributed by atoms with Gasteiger partial charge in [0, 0.05) is 6.54 Å². The molecule has 0 N–H and O–H groups in total. The first-order valence-electron chi connectivity index (χ1n) is 8.90. The van der Waals surface area contributed by atoms with E-state index in [1.165, 1.54) is 17.7 Å².